The van der Waals surface area contributed by atoms with Crippen LogP contribution in [0.4, 0.5) is 0 Å². The van der Waals surface area contributed by atoms with Gasteiger partial charge in [0.05, 0.1) is 20.8 Å². The molecular formula is C15H7ClN2OS. The van der Waals surface area contributed by atoms with Gasteiger partial charge in [-0.1, -0.05) is 35.9 Å². The maximum atomic E-state index is 10.7. The number of fused-ring (bicyclic) bond motifs is 1. The Morgan fingerprint density at radius 2 is 2.05 bits per heavy atom. The summed E-state index contributed by atoms with van der Waals surface area (Å²) in [5.41, 5.74) is 2.78. The molecule has 0 atom stereocenters. The fourth-order valence-corrected chi connectivity index (χ4v) is 3.26. The van der Waals surface area contributed by atoms with Crippen molar-refractivity contribution in [3.8, 4) is 16.5 Å². The molecule has 96 valence electrons. The van der Waals surface area contributed by atoms with Crippen LogP contribution in [0.2, 0.25) is 5.02 Å². The molecule has 5 heteroatoms. The second-order valence-corrected chi connectivity index (χ2v) is 5.59. The second-order valence-electron chi connectivity index (χ2n) is 4.16. The first kappa shape index (κ1) is 12.8. The van der Waals surface area contributed by atoms with Crippen molar-refractivity contribution in [3.05, 3.63) is 52.7 Å². The normalized spacial score (nSPS) is 10.4. The van der Waals surface area contributed by atoms with Crippen LogP contribution in [0.25, 0.3) is 20.7 Å². The van der Waals surface area contributed by atoms with Gasteiger partial charge in [0.15, 0.2) is 0 Å². The molecule has 0 aliphatic heterocycles. The van der Waals surface area contributed by atoms with Crippen LogP contribution >= 0.6 is 22.9 Å². The van der Waals surface area contributed by atoms with Gasteiger partial charge in [-0.25, -0.2) is 0 Å². The van der Waals surface area contributed by atoms with Crippen molar-refractivity contribution >= 4 is 39.4 Å². The van der Waals surface area contributed by atoms with Crippen molar-refractivity contribution in [3.63, 3.8) is 0 Å². The Labute approximate surface area is 124 Å². The second kappa shape index (κ2) is 5.04. The largest absolute Gasteiger partial charge is 0.298 e. The summed E-state index contributed by atoms with van der Waals surface area (Å²) < 4.78 is 0.806. The summed E-state index contributed by atoms with van der Waals surface area (Å²) in [5, 5.41) is 9.40. The predicted molar refractivity (Wildman–Crippen MR) is 80.2 cm³/mol. The third-order valence-electron chi connectivity index (χ3n) is 2.93. The molecule has 0 amide bonds. The topological polar surface area (TPSA) is 53.8 Å². The van der Waals surface area contributed by atoms with Crippen molar-refractivity contribution in [1.82, 2.24) is 4.98 Å². The van der Waals surface area contributed by atoms with Gasteiger partial charge in [0.1, 0.15) is 12.4 Å². The molecule has 0 saturated heterocycles. The minimum Gasteiger partial charge on any atom is -0.298 e. The Morgan fingerprint density at radius 3 is 2.70 bits per heavy atom. The van der Waals surface area contributed by atoms with Crippen LogP contribution in [0.15, 0.2) is 36.5 Å². The highest BCUT2D eigenvalue weighted by Gasteiger charge is 2.11. The highest BCUT2D eigenvalue weighted by Crippen LogP contribution is 2.37. The SMILES string of the molecule is N#Cc1cnc2cc(-c3ccc(C=O)cc3)sc2c1Cl. The molecule has 0 bridgehead atoms. The number of nitriles is 1. The van der Waals surface area contributed by atoms with Crippen LogP contribution in [-0.4, -0.2) is 11.3 Å². The number of carbonyl (C=O) groups excluding carboxylic acids is 1. The molecule has 2 heterocycles. The van der Waals surface area contributed by atoms with E-state index in [9.17, 15) is 4.79 Å². The highest BCUT2D eigenvalue weighted by molar-refractivity contribution is 7.22. The molecule has 20 heavy (non-hydrogen) atoms. The number of aldehydes is 1. The summed E-state index contributed by atoms with van der Waals surface area (Å²) >= 11 is 7.68. The Hall–Kier alpha value is -2.22. The van der Waals surface area contributed by atoms with E-state index in [1.54, 1.807) is 12.1 Å². The number of pyridine rings is 1. The zero-order chi connectivity index (χ0) is 14.1. The summed E-state index contributed by atoms with van der Waals surface area (Å²) in [7, 11) is 0. The lowest BCUT2D eigenvalue weighted by Gasteiger charge is -1.96. The Balaban J connectivity index is 2.15. The standard InChI is InChI=1S/C15H7ClN2OS/c16-14-11(6-17)7-18-12-5-13(20-15(12)14)10-3-1-9(8-19)2-4-10/h1-5,7-8H. The molecule has 3 rings (SSSR count). The first-order chi connectivity index (χ1) is 9.72. The number of benzene rings is 1. The molecule has 0 N–H and O–H groups in total. The molecule has 0 aliphatic rings. The molecule has 0 unspecified atom stereocenters. The first-order valence-electron chi connectivity index (χ1n) is 5.76. The van der Waals surface area contributed by atoms with Crippen LogP contribution in [0.3, 0.4) is 0 Å². The lowest BCUT2D eigenvalue weighted by molar-refractivity contribution is 0.112. The van der Waals surface area contributed by atoms with Crippen LogP contribution in [-0.2, 0) is 0 Å². The van der Waals surface area contributed by atoms with Gasteiger partial charge in [-0.15, -0.1) is 11.3 Å². The predicted octanol–water partition coefficient (Wildman–Crippen LogP) is 4.30. The van der Waals surface area contributed by atoms with E-state index in [0.717, 1.165) is 26.9 Å². The van der Waals surface area contributed by atoms with Crippen LogP contribution in [0, 0.1) is 11.3 Å². The van der Waals surface area contributed by atoms with Crippen molar-refractivity contribution in [1.29, 1.82) is 5.26 Å². The van der Waals surface area contributed by atoms with Gasteiger partial charge in [-0.05, 0) is 11.6 Å². The molecule has 3 aromatic rings. The van der Waals surface area contributed by atoms with E-state index in [1.807, 2.05) is 24.3 Å². The first-order valence-corrected chi connectivity index (χ1v) is 6.96. The molecule has 2 aromatic heterocycles. The van der Waals surface area contributed by atoms with Gasteiger partial charge in [0.25, 0.3) is 0 Å². The summed E-state index contributed by atoms with van der Waals surface area (Å²) in [5.74, 6) is 0. The zero-order valence-corrected chi connectivity index (χ0v) is 11.7. The lowest BCUT2D eigenvalue weighted by atomic mass is 10.1. The third-order valence-corrected chi connectivity index (χ3v) is 4.63. The lowest BCUT2D eigenvalue weighted by Crippen LogP contribution is -1.80. The maximum absolute atomic E-state index is 10.7. The van der Waals surface area contributed by atoms with Crippen LogP contribution in [0.5, 0.6) is 0 Å². The molecule has 0 radical (unpaired) electrons. The van der Waals surface area contributed by atoms with Gasteiger partial charge < -0.3 is 0 Å². The minimum atomic E-state index is 0.379. The van der Waals surface area contributed by atoms with E-state index in [2.05, 4.69) is 4.98 Å². The number of hydrogen-bond donors (Lipinski definition) is 0. The van der Waals surface area contributed by atoms with Crippen LogP contribution < -0.4 is 0 Å². The van der Waals surface area contributed by atoms with E-state index in [1.165, 1.54) is 17.5 Å². The smallest absolute Gasteiger partial charge is 0.150 e. The highest BCUT2D eigenvalue weighted by atomic mass is 35.5. The van der Waals surface area contributed by atoms with Crippen molar-refractivity contribution in [2.45, 2.75) is 0 Å². The van der Waals surface area contributed by atoms with E-state index < -0.39 is 0 Å². The fraction of sp³-hybridized carbons (Fsp3) is 0. The van der Waals surface area contributed by atoms with E-state index >= 15 is 0 Å². The number of aromatic nitrogens is 1. The van der Waals surface area contributed by atoms with Crippen molar-refractivity contribution in [2.24, 2.45) is 0 Å². The summed E-state index contributed by atoms with van der Waals surface area (Å²) in [6.07, 6.45) is 2.29. The summed E-state index contributed by atoms with van der Waals surface area (Å²) in [4.78, 5) is 15.9. The van der Waals surface area contributed by atoms with E-state index in [0.29, 0.717) is 16.1 Å². The van der Waals surface area contributed by atoms with Gasteiger partial charge >= 0.3 is 0 Å². The van der Waals surface area contributed by atoms with Gasteiger partial charge in [0, 0.05) is 16.6 Å². The molecule has 0 fully saturated rings. The summed E-state index contributed by atoms with van der Waals surface area (Å²) in [6, 6.07) is 11.3. The van der Waals surface area contributed by atoms with Crippen molar-refractivity contribution in [2.75, 3.05) is 0 Å². The molecule has 0 saturated carbocycles. The number of rotatable bonds is 2. The minimum absolute atomic E-state index is 0.379. The third kappa shape index (κ3) is 2.07. The molecular weight excluding hydrogens is 292 g/mol. The average Bonchev–Trinajstić information content (AvgIpc) is 2.93. The zero-order valence-electron chi connectivity index (χ0n) is 10.1. The average molecular weight is 299 g/mol. The maximum Gasteiger partial charge on any atom is 0.150 e. The number of nitrogens with zero attached hydrogens (tertiary/aromatic N) is 2. The van der Waals surface area contributed by atoms with E-state index in [-0.39, 0.29) is 0 Å². The Bertz CT molecular complexity index is 847. The molecule has 0 spiro atoms. The van der Waals surface area contributed by atoms with E-state index in [4.69, 9.17) is 16.9 Å². The van der Waals surface area contributed by atoms with Crippen molar-refractivity contribution < 1.29 is 4.79 Å². The Kier molecular flexibility index (Phi) is 3.23. The number of halogens is 1. The van der Waals surface area contributed by atoms with Gasteiger partial charge in [-0.2, -0.15) is 5.26 Å². The quantitative estimate of drug-likeness (QED) is 0.663. The molecule has 0 aliphatic carbocycles. The molecule has 1 aromatic carbocycles. The fourth-order valence-electron chi connectivity index (χ4n) is 1.89. The molecule has 3 nitrogen and oxygen atoms in total. The van der Waals surface area contributed by atoms with Gasteiger partial charge in [0.2, 0.25) is 0 Å². The number of carbonyl (C=O) groups is 1. The number of thiophene rings is 1. The monoisotopic (exact) mass is 298 g/mol. The number of hydrogen-bond acceptors (Lipinski definition) is 4. The Morgan fingerprint density at radius 1 is 1.30 bits per heavy atom. The van der Waals surface area contributed by atoms with Crippen LogP contribution in [0.1, 0.15) is 15.9 Å². The van der Waals surface area contributed by atoms with Gasteiger partial charge in [-0.3, -0.25) is 9.78 Å². The summed E-state index contributed by atoms with van der Waals surface area (Å²) in [6.45, 7) is 0.